The van der Waals surface area contributed by atoms with Crippen molar-refractivity contribution in [3.63, 3.8) is 0 Å². The first kappa shape index (κ1) is 22.1. The van der Waals surface area contributed by atoms with E-state index in [1.165, 1.54) is 0 Å². The molecule has 4 rings (SSSR count). The molecule has 1 saturated heterocycles. The number of alkyl halides is 3. The van der Waals surface area contributed by atoms with Gasteiger partial charge >= 0.3 is 6.18 Å². The quantitative estimate of drug-likeness (QED) is 0.552. The minimum atomic E-state index is -4.70. The summed E-state index contributed by atoms with van der Waals surface area (Å²) in [6, 6.07) is 21.2. The van der Waals surface area contributed by atoms with Crippen molar-refractivity contribution in [1.29, 1.82) is 0 Å². The van der Waals surface area contributed by atoms with Crippen molar-refractivity contribution in [2.45, 2.75) is 29.3 Å². The molecule has 0 aromatic heterocycles. The molecular weight excluding hydrogens is 439 g/mol. The minimum absolute atomic E-state index is 0.0984. The summed E-state index contributed by atoms with van der Waals surface area (Å²) in [6.45, 7) is -0.0984. The lowest BCUT2D eigenvalue weighted by Crippen LogP contribution is -2.54. The molecule has 1 fully saturated rings. The highest BCUT2D eigenvalue weighted by Crippen LogP contribution is 2.43. The summed E-state index contributed by atoms with van der Waals surface area (Å²) in [4.78, 5) is 13.3. The molecule has 0 aliphatic carbocycles. The zero-order valence-corrected chi connectivity index (χ0v) is 17.7. The van der Waals surface area contributed by atoms with Crippen molar-refractivity contribution in [3.8, 4) is 0 Å². The van der Waals surface area contributed by atoms with Crippen LogP contribution < -0.4 is 0 Å². The third-order valence-electron chi connectivity index (χ3n) is 5.79. The van der Waals surface area contributed by atoms with Crippen LogP contribution in [0.25, 0.3) is 0 Å². The van der Waals surface area contributed by atoms with Gasteiger partial charge in [-0.3, -0.25) is 4.79 Å². The van der Waals surface area contributed by atoms with Gasteiger partial charge in [0, 0.05) is 6.54 Å². The van der Waals surface area contributed by atoms with E-state index in [0.29, 0.717) is 30.0 Å². The molecule has 3 aromatic carbocycles. The standard InChI is InChI=1S/C24H20F3NO3S/c25-24(26,27)20-13-7-14-21(17-20)32(30,31)28-16-8-15-23(22(28)29,18-9-3-1-4-10-18)19-11-5-2-6-12-19/h1-7,9-14,17H,8,15-16H2. The Bertz CT molecular complexity index is 1190. The van der Waals surface area contributed by atoms with E-state index in [1.807, 2.05) is 0 Å². The maximum atomic E-state index is 13.9. The fraction of sp³-hybridized carbons (Fsp3) is 0.208. The summed E-state index contributed by atoms with van der Waals surface area (Å²) in [5.41, 5.74) is -1.06. The summed E-state index contributed by atoms with van der Waals surface area (Å²) in [5.74, 6) is -0.668. The van der Waals surface area contributed by atoms with Crippen LogP contribution in [-0.4, -0.2) is 25.2 Å². The van der Waals surface area contributed by atoms with Crippen LogP contribution in [-0.2, 0) is 26.4 Å². The molecule has 1 aliphatic rings. The maximum absolute atomic E-state index is 13.9. The number of benzene rings is 3. The van der Waals surface area contributed by atoms with Gasteiger partial charge in [-0.05, 0) is 42.2 Å². The van der Waals surface area contributed by atoms with E-state index in [-0.39, 0.29) is 6.54 Å². The zero-order chi connectivity index (χ0) is 23.0. The summed E-state index contributed by atoms with van der Waals surface area (Å²) >= 11 is 0. The fourth-order valence-corrected chi connectivity index (χ4v) is 5.77. The highest BCUT2D eigenvalue weighted by Gasteiger charge is 2.50. The fourth-order valence-electron chi connectivity index (χ4n) is 4.25. The summed E-state index contributed by atoms with van der Waals surface area (Å²) < 4.78 is 67.0. The average Bonchev–Trinajstić information content (AvgIpc) is 2.80. The number of nitrogens with zero attached hydrogens (tertiary/aromatic N) is 1. The zero-order valence-electron chi connectivity index (χ0n) is 16.9. The number of carbonyl (C=O) groups excluding carboxylic acids is 1. The molecule has 1 heterocycles. The molecule has 0 unspecified atom stereocenters. The van der Waals surface area contributed by atoms with Crippen molar-refractivity contribution in [2.75, 3.05) is 6.54 Å². The highest BCUT2D eigenvalue weighted by atomic mass is 32.2. The molecule has 4 nitrogen and oxygen atoms in total. The van der Waals surface area contributed by atoms with Gasteiger partial charge in [-0.15, -0.1) is 0 Å². The van der Waals surface area contributed by atoms with E-state index < -0.39 is 38.0 Å². The van der Waals surface area contributed by atoms with Gasteiger partial charge in [0.25, 0.3) is 15.9 Å². The number of hydrogen-bond acceptors (Lipinski definition) is 3. The summed E-state index contributed by atoms with van der Waals surface area (Å²) in [6.07, 6.45) is -3.95. The normalized spacial score (nSPS) is 16.7. The molecule has 166 valence electrons. The first-order chi connectivity index (χ1) is 15.2. The molecule has 0 N–H and O–H groups in total. The number of rotatable bonds is 4. The predicted octanol–water partition coefficient (Wildman–Crippen LogP) is 5.00. The molecule has 1 aliphatic heterocycles. The van der Waals surface area contributed by atoms with Crippen molar-refractivity contribution < 1.29 is 26.4 Å². The van der Waals surface area contributed by atoms with Crippen LogP contribution in [0.3, 0.4) is 0 Å². The lowest BCUT2D eigenvalue weighted by Gasteiger charge is -2.41. The molecule has 0 saturated carbocycles. The number of halogens is 3. The van der Waals surface area contributed by atoms with E-state index in [4.69, 9.17) is 0 Å². The van der Waals surface area contributed by atoms with Crippen molar-refractivity contribution in [1.82, 2.24) is 4.31 Å². The molecule has 0 radical (unpaired) electrons. The first-order valence-corrected chi connectivity index (χ1v) is 11.5. The third-order valence-corrected chi connectivity index (χ3v) is 7.57. The van der Waals surface area contributed by atoms with Gasteiger partial charge in [0.05, 0.1) is 10.5 Å². The lowest BCUT2D eigenvalue weighted by atomic mass is 9.69. The van der Waals surface area contributed by atoms with Gasteiger partial charge in [0.15, 0.2) is 0 Å². The predicted molar refractivity (Wildman–Crippen MR) is 113 cm³/mol. The van der Waals surface area contributed by atoms with Gasteiger partial charge in [-0.25, -0.2) is 12.7 Å². The number of piperidine rings is 1. The van der Waals surface area contributed by atoms with Gasteiger partial charge in [0.1, 0.15) is 5.41 Å². The van der Waals surface area contributed by atoms with Crippen LogP contribution in [0.2, 0.25) is 0 Å². The van der Waals surface area contributed by atoms with Crippen molar-refractivity contribution >= 4 is 15.9 Å². The molecule has 32 heavy (non-hydrogen) atoms. The first-order valence-electron chi connectivity index (χ1n) is 10.0. The number of carbonyl (C=O) groups is 1. The second-order valence-corrected chi connectivity index (χ2v) is 9.51. The van der Waals surface area contributed by atoms with Crippen LogP contribution in [0.15, 0.2) is 89.8 Å². The number of amides is 1. The Hall–Kier alpha value is -3.13. The summed E-state index contributed by atoms with van der Waals surface area (Å²) in [7, 11) is -4.50. The topological polar surface area (TPSA) is 54.5 Å². The second-order valence-electron chi connectivity index (χ2n) is 7.65. The molecule has 1 amide bonds. The van der Waals surface area contributed by atoms with Crippen LogP contribution in [0.1, 0.15) is 29.5 Å². The Kier molecular flexibility index (Phi) is 5.58. The lowest BCUT2D eigenvalue weighted by molar-refractivity contribution is -0.137. The Morgan fingerprint density at radius 3 is 1.91 bits per heavy atom. The smallest absolute Gasteiger partial charge is 0.272 e. The summed E-state index contributed by atoms with van der Waals surface area (Å²) in [5, 5.41) is 0. The minimum Gasteiger partial charge on any atom is -0.272 e. The average molecular weight is 459 g/mol. The molecule has 0 bridgehead atoms. The maximum Gasteiger partial charge on any atom is 0.416 e. The number of sulfonamides is 1. The number of hydrogen-bond donors (Lipinski definition) is 0. The molecule has 3 aromatic rings. The second kappa shape index (κ2) is 8.09. The molecule has 0 atom stereocenters. The van der Waals surface area contributed by atoms with Gasteiger partial charge in [-0.1, -0.05) is 66.7 Å². The van der Waals surface area contributed by atoms with Gasteiger partial charge < -0.3 is 0 Å². The van der Waals surface area contributed by atoms with E-state index in [0.717, 1.165) is 22.5 Å². The molecule has 0 spiro atoms. The Labute approximate surface area is 184 Å². The van der Waals surface area contributed by atoms with E-state index in [1.54, 1.807) is 60.7 Å². The monoisotopic (exact) mass is 459 g/mol. The Morgan fingerprint density at radius 2 is 1.38 bits per heavy atom. The van der Waals surface area contributed by atoms with Crippen molar-refractivity contribution in [3.05, 3.63) is 102 Å². The SMILES string of the molecule is O=C1N(S(=O)(=O)c2cccc(C(F)(F)F)c2)CCCC1(c1ccccc1)c1ccccc1. The molecule has 8 heteroatoms. The van der Waals surface area contributed by atoms with E-state index in [9.17, 15) is 26.4 Å². The van der Waals surface area contributed by atoms with E-state index >= 15 is 0 Å². The Balaban J connectivity index is 1.85. The van der Waals surface area contributed by atoms with Gasteiger partial charge in [0.2, 0.25) is 0 Å². The highest BCUT2D eigenvalue weighted by molar-refractivity contribution is 7.89. The van der Waals surface area contributed by atoms with Crippen molar-refractivity contribution in [2.24, 2.45) is 0 Å². The van der Waals surface area contributed by atoms with Crippen LogP contribution in [0.4, 0.5) is 13.2 Å². The van der Waals surface area contributed by atoms with Gasteiger partial charge in [-0.2, -0.15) is 13.2 Å². The van der Waals surface area contributed by atoms with Crippen LogP contribution in [0, 0.1) is 0 Å². The van der Waals surface area contributed by atoms with E-state index in [2.05, 4.69) is 0 Å². The van der Waals surface area contributed by atoms with Crippen LogP contribution in [0.5, 0.6) is 0 Å². The largest absolute Gasteiger partial charge is 0.416 e. The third kappa shape index (κ3) is 3.68. The Morgan fingerprint density at radius 1 is 0.812 bits per heavy atom. The van der Waals surface area contributed by atoms with Crippen LogP contribution >= 0.6 is 0 Å². The molecular formula is C24H20F3NO3S.